The van der Waals surface area contributed by atoms with Crippen LogP contribution in [0.15, 0.2) is 28.7 Å². The normalized spacial score (nSPS) is 18.7. The first kappa shape index (κ1) is 11.9. The highest BCUT2D eigenvalue weighted by Gasteiger charge is 2.24. The van der Waals surface area contributed by atoms with Gasteiger partial charge in [-0.05, 0) is 25.0 Å². The lowest BCUT2D eigenvalue weighted by atomic mass is 10.0. The number of aryl methyl sites for hydroxylation is 1. The van der Waals surface area contributed by atoms with Crippen molar-refractivity contribution in [3.8, 4) is 11.4 Å². The molecule has 1 aromatic heterocycles. The minimum atomic E-state index is 0.109. The van der Waals surface area contributed by atoms with Gasteiger partial charge < -0.3 is 9.67 Å². The number of benzene rings is 1. The maximum Gasteiger partial charge on any atom is 0.164 e. The molecular weight excluding hydrogens is 294 g/mol. The van der Waals surface area contributed by atoms with Gasteiger partial charge in [0, 0.05) is 16.5 Å². The Balaban J connectivity index is 2.11. The summed E-state index contributed by atoms with van der Waals surface area (Å²) in [5.74, 6) is 1.83. The fourth-order valence-corrected chi connectivity index (χ4v) is 2.90. The minimum Gasteiger partial charge on any atom is -0.394 e. The second-order valence-electron chi connectivity index (χ2n) is 4.55. The quantitative estimate of drug-likeness (QED) is 0.928. The first-order valence-electron chi connectivity index (χ1n) is 6.10. The smallest absolute Gasteiger partial charge is 0.164 e. The average molecular weight is 308 g/mol. The van der Waals surface area contributed by atoms with Crippen molar-refractivity contribution in [2.75, 3.05) is 6.61 Å². The van der Waals surface area contributed by atoms with Crippen LogP contribution in [0.5, 0.6) is 0 Å². The summed E-state index contributed by atoms with van der Waals surface area (Å²) in [5, 5.41) is 18.0. The van der Waals surface area contributed by atoms with E-state index in [1.165, 1.54) is 0 Å². The zero-order valence-electron chi connectivity index (χ0n) is 9.88. The van der Waals surface area contributed by atoms with Crippen LogP contribution in [0.2, 0.25) is 0 Å². The summed E-state index contributed by atoms with van der Waals surface area (Å²) in [7, 11) is 0. The fraction of sp³-hybridized carbons (Fsp3) is 0.385. The predicted octanol–water partition coefficient (Wildman–Crippen LogP) is 2.58. The van der Waals surface area contributed by atoms with Gasteiger partial charge in [0.1, 0.15) is 5.82 Å². The molecule has 1 unspecified atom stereocenters. The van der Waals surface area contributed by atoms with E-state index >= 15 is 0 Å². The fourth-order valence-electron chi connectivity index (χ4n) is 2.50. The van der Waals surface area contributed by atoms with Crippen molar-refractivity contribution in [2.24, 2.45) is 0 Å². The van der Waals surface area contributed by atoms with Crippen molar-refractivity contribution in [2.45, 2.75) is 25.3 Å². The van der Waals surface area contributed by atoms with Crippen LogP contribution in [-0.2, 0) is 6.42 Å². The SMILES string of the molecule is OCC1CCCc2nnc(-c3cccc(Br)c3)n21. The lowest BCUT2D eigenvalue weighted by molar-refractivity contribution is 0.207. The lowest BCUT2D eigenvalue weighted by Gasteiger charge is -2.24. The molecule has 94 valence electrons. The van der Waals surface area contributed by atoms with E-state index in [1.807, 2.05) is 24.3 Å². The van der Waals surface area contributed by atoms with Gasteiger partial charge in [-0.2, -0.15) is 0 Å². The zero-order chi connectivity index (χ0) is 12.5. The predicted molar refractivity (Wildman–Crippen MR) is 72.2 cm³/mol. The standard InChI is InChI=1S/C13H14BrN3O/c14-10-4-1-3-9(7-10)13-16-15-12-6-2-5-11(8-18)17(12)13/h1,3-4,7,11,18H,2,5-6,8H2. The number of halogens is 1. The Morgan fingerprint density at radius 2 is 2.28 bits per heavy atom. The van der Waals surface area contributed by atoms with Crippen LogP contribution in [-0.4, -0.2) is 26.5 Å². The molecule has 0 radical (unpaired) electrons. The van der Waals surface area contributed by atoms with Gasteiger partial charge in [0.2, 0.25) is 0 Å². The summed E-state index contributed by atoms with van der Waals surface area (Å²) < 4.78 is 3.11. The molecule has 2 heterocycles. The molecule has 0 aliphatic carbocycles. The summed E-state index contributed by atoms with van der Waals surface area (Å²) in [5.41, 5.74) is 1.03. The molecule has 1 N–H and O–H groups in total. The van der Waals surface area contributed by atoms with E-state index in [1.54, 1.807) is 0 Å². The monoisotopic (exact) mass is 307 g/mol. The molecule has 3 rings (SSSR count). The van der Waals surface area contributed by atoms with Crippen molar-refractivity contribution in [1.29, 1.82) is 0 Å². The molecule has 2 aromatic rings. The van der Waals surface area contributed by atoms with Crippen LogP contribution in [0.3, 0.4) is 0 Å². The summed E-state index contributed by atoms with van der Waals surface area (Å²) in [4.78, 5) is 0. The maximum atomic E-state index is 9.50. The molecule has 1 aromatic carbocycles. The van der Waals surface area contributed by atoms with E-state index in [-0.39, 0.29) is 12.6 Å². The van der Waals surface area contributed by atoms with E-state index in [2.05, 4.69) is 30.7 Å². The minimum absolute atomic E-state index is 0.109. The molecule has 0 saturated heterocycles. The number of aliphatic hydroxyl groups excluding tert-OH is 1. The molecule has 1 aliphatic heterocycles. The van der Waals surface area contributed by atoms with Crippen molar-refractivity contribution in [3.05, 3.63) is 34.6 Å². The van der Waals surface area contributed by atoms with Crippen LogP contribution >= 0.6 is 15.9 Å². The molecule has 0 amide bonds. The van der Waals surface area contributed by atoms with Gasteiger partial charge in [-0.25, -0.2) is 0 Å². The Morgan fingerprint density at radius 1 is 1.39 bits per heavy atom. The van der Waals surface area contributed by atoms with Gasteiger partial charge in [-0.3, -0.25) is 0 Å². The molecule has 1 aliphatic rings. The van der Waals surface area contributed by atoms with Crippen molar-refractivity contribution in [3.63, 3.8) is 0 Å². The Kier molecular flexibility index (Phi) is 3.18. The van der Waals surface area contributed by atoms with Gasteiger partial charge in [0.05, 0.1) is 12.6 Å². The number of aliphatic hydroxyl groups is 1. The highest BCUT2D eigenvalue weighted by molar-refractivity contribution is 9.10. The number of nitrogens with zero attached hydrogens (tertiary/aromatic N) is 3. The zero-order valence-corrected chi connectivity index (χ0v) is 11.5. The van der Waals surface area contributed by atoms with E-state index in [4.69, 9.17) is 0 Å². The third kappa shape index (κ3) is 1.97. The third-order valence-corrected chi connectivity index (χ3v) is 3.86. The second-order valence-corrected chi connectivity index (χ2v) is 5.46. The summed E-state index contributed by atoms with van der Waals surface area (Å²) >= 11 is 3.47. The molecule has 0 spiro atoms. The number of hydrogen-bond donors (Lipinski definition) is 1. The highest BCUT2D eigenvalue weighted by atomic mass is 79.9. The topological polar surface area (TPSA) is 50.9 Å². The summed E-state index contributed by atoms with van der Waals surface area (Å²) in [6.45, 7) is 0.145. The van der Waals surface area contributed by atoms with Gasteiger partial charge >= 0.3 is 0 Å². The van der Waals surface area contributed by atoms with Crippen molar-refractivity contribution < 1.29 is 5.11 Å². The second kappa shape index (κ2) is 4.82. The highest BCUT2D eigenvalue weighted by Crippen LogP contribution is 2.30. The Morgan fingerprint density at radius 3 is 3.06 bits per heavy atom. The molecule has 5 heteroatoms. The van der Waals surface area contributed by atoms with Crippen molar-refractivity contribution in [1.82, 2.24) is 14.8 Å². The Hall–Kier alpha value is -1.20. The van der Waals surface area contributed by atoms with E-state index < -0.39 is 0 Å². The number of hydrogen-bond acceptors (Lipinski definition) is 3. The number of fused-ring (bicyclic) bond motifs is 1. The molecule has 1 atom stereocenters. The van der Waals surface area contributed by atoms with Crippen LogP contribution in [0.25, 0.3) is 11.4 Å². The molecule has 4 nitrogen and oxygen atoms in total. The first-order valence-corrected chi connectivity index (χ1v) is 6.89. The van der Waals surface area contributed by atoms with Crippen LogP contribution in [0, 0.1) is 0 Å². The molecule has 0 fully saturated rings. The van der Waals surface area contributed by atoms with Crippen molar-refractivity contribution >= 4 is 15.9 Å². The van der Waals surface area contributed by atoms with Crippen LogP contribution < -0.4 is 0 Å². The largest absolute Gasteiger partial charge is 0.394 e. The average Bonchev–Trinajstić information content (AvgIpc) is 2.82. The summed E-state index contributed by atoms with van der Waals surface area (Å²) in [6, 6.07) is 8.13. The number of rotatable bonds is 2. The van der Waals surface area contributed by atoms with Gasteiger partial charge in [-0.15, -0.1) is 10.2 Å². The summed E-state index contributed by atoms with van der Waals surface area (Å²) in [6.07, 6.45) is 3.00. The van der Waals surface area contributed by atoms with E-state index in [9.17, 15) is 5.11 Å². The third-order valence-electron chi connectivity index (χ3n) is 3.36. The van der Waals surface area contributed by atoms with Gasteiger partial charge in [0.25, 0.3) is 0 Å². The maximum absolute atomic E-state index is 9.50. The van der Waals surface area contributed by atoms with Crippen LogP contribution in [0.4, 0.5) is 0 Å². The number of aromatic nitrogens is 3. The molecule has 18 heavy (non-hydrogen) atoms. The first-order chi connectivity index (χ1) is 8.79. The molecular formula is C13H14BrN3O. The molecule has 0 bridgehead atoms. The van der Waals surface area contributed by atoms with E-state index in [0.29, 0.717) is 0 Å². The van der Waals surface area contributed by atoms with E-state index in [0.717, 1.165) is 40.9 Å². The Labute approximate surface area is 114 Å². The lowest BCUT2D eigenvalue weighted by Crippen LogP contribution is -2.21. The van der Waals surface area contributed by atoms with Crippen LogP contribution in [0.1, 0.15) is 24.7 Å². The Bertz CT molecular complexity index is 567. The molecule has 0 saturated carbocycles. The van der Waals surface area contributed by atoms with Gasteiger partial charge in [-0.1, -0.05) is 28.1 Å². The van der Waals surface area contributed by atoms with Gasteiger partial charge in [0.15, 0.2) is 5.82 Å².